The Bertz CT molecular complexity index is 1380. The van der Waals surface area contributed by atoms with Crippen LogP contribution >= 0.6 is 0 Å². The molecule has 0 saturated heterocycles. The van der Waals surface area contributed by atoms with Crippen LogP contribution in [0.4, 0.5) is 11.4 Å². The standard InChI is InChI=1S/C29H29N3O8/c33-16-19-1-3-20(4-2-19)17-37-28-15-22(21-5-10-25-26(13-21)39-18-38-25)14-27(40-28)29(34)31-12-11-30-23-6-8-24(9-7-23)32(35)36/h1-10,13-14,22,28,30,33H,11-12,15-18H2,(H,31,34)/t22-,28+/m0/s1. The van der Waals surface area contributed by atoms with Crippen molar-refractivity contribution in [1.82, 2.24) is 5.32 Å². The number of ether oxygens (including phenoxy) is 4. The highest BCUT2D eigenvalue weighted by Crippen LogP contribution is 2.38. The number of aliphatic hydroxyl groups is 1. The molecule has 2 aliphatic rings. The van der Waals surface area contributed by atoms with Crippen LogP contribution in [-0.4, -0.2) is 42.1 Å². The second kappa shape index (κ2) is 12.5. The number of anilines is 1. The van der Waals surface area contributed by atoms with Gasteiger partial charge >= 0.3 is 0 Å². The molecule has 0 unspecified atom stereocenters. The summed E-state index contributed by atoms with van der Waals surface area (Å²) in [5.41, 5.74) is 3.38. The molecule has 0 bridgehead atoms. The van der Waals surface area contributed by atoms with Gasteiger partial charge in [0.05, 0.1) is 18.1 Å². The van der Waals surface area contributed by atoms with E-state index in [1.807, 2.05) is 42.5 Å². The van der Waals surface area contributed by atoms with Gasteiger partial charge in [-0.25, -0.2) is 0 Å². The molecule has 2 heterocycles. The maximum absolute atomic E-state index is 13.1. The fourth-order valence-corrected chi connectivity index (χ4v) is 4.40. The average molecular weight is 548 g/mol. The number of fused-ring (bicyclic) bond motifs is 1. The first kappa shape index (κ1) is 27.0. The van der Waals surface area contributed by atoms with Crippen molar-refractivity contribution < 1.29 is 33.8 Å². The minimum atomic E-state index is -0.670. The highest BCUT2D eigenvalue weighted by molar-refractivity contribution is 5.91. The predicted octanol–water partition coefficient (Wildman–Crippen LogP) is 3.97. The Balaban J connectivity index is 1.22. The highest BCUT2D eigenvalue weighted by atomic mass is 16.7. The van der Waals surface area contributed by atoms with E-state index in [0.29, 0.717) is 36.7 Å². The van der Waals surface area contributed by atoms with Gasteiger partial charge in [-0.2, -0.15) is 0 Å². The van der Waals surface area contributed by atoms with Crippen LogP contribution in [0.2, 0.25) is 0 Å². The zero-order valence-electron chi connectivity index (χ0n) is 21.6. The normalized spacial score (nSPS) is 17.5. The summed E-state index contributed by atoms with van der Waals surface area (Å²) in [6.07, 6.45) is 1.61. The lowest BCUT2D eigenvalue weighted by molar-refractivity contribution is -0.384. The number of nitro groups is 1. The van der Waals surface area contributed by atoms with E-state index in [2.05, 4.69) is 10.6 Å². The molecular formula is C29H29N3O8. The SMILES string of the molecule is O=C(NCCNc1ccc([N+](=O)[O-])cc1)C1=C[C@H](c2ccc3c(c2)OCO3)C[C@H](OCc2ccc(CO)cc2)O1. The van der Waals surface area contributed by atoms with Crippen LogP contribution in [0.25, 0.3) is 0 Å². The fraction of sp³-hybridized carbons (Fsp3) is 0.276. The number of nitrogens with one attached hydrogen (secondary N) is 2. The lowest BCUT2D eigenvalue weighted by Gasteiger charge is -2.29. The molecule has 40 heavy (non-hydrogen) atoms. The molecule has 3 aromatic rings. The number of hydrogen-bond acceptors (Lipinski definition) is 9. The predicted molar refractivity (Wildman–Crippen MR) is 145 cm³/mol. The Morgan fingerprint density at radius 3 is 2.50 bits per heavy atom. The minimum absolute atomic E-state index is 0.0104. The number of rotatable bonds is 11. The van der Waals surface area contributed by atoms with Crippen molar-refractivity contribution in [2.45, 2.75) is 31.8 Å². The summed E-state index contributed by atoms with van der Waals surface area (Å²) in [6, 6.07) is 19.2. The maximum Gasteiger partial charge on any atom is 0.286 e. The van der Waals surface area contributed by atoms with Crippen LogP contribution in [0.1, 0.15) is 29.0 Å². The molecule has 3 N–H and O–H groups in total. The number of nitrogens with zero attached hydrogens (tertiary/aromatic N) is 1. The van der Waals surface area contributed by atoms with Crippen LogP contribution in [0.3, 0.4) is 0 Å². The number of amides is 1. The Kier molecular flexibility index (Phi) is 8.43. The molecule has 208 valence electrons. The van der Waals surface area contributed by atoms with Crippen molar-refractivity contribution in [2.24, 2.45) is 0 Å². The van der Waals surface area contributed by atoms with Crippen LogP contribution in [0.15, 0.2) is 78.6 Å². The second-order valence-electron chi connectivity index (χ2n) is 9.31. The van der Waals surface area contributed by atoms with E-state index in [4.69, 9.17) is 18.9 Å². The summed E-state index contributed by atoms with van der Waals surface area (Å²) >= 11 is 0. The smallest absolute Gasteiger partial charge is 0.286 e. The first-order chi connectivity index (χ1) is 19.5. The molecule has 0 fully saturated rings. The lowest BCUT2D eigenvalue weighted by Crippen LogP contribution is -2.35. The number of non-ortho nitro benzene ring substituents is 1. The third-order valence-corrected chi connectivity index (χ3v) is 6.57. The van der Waals surface area contributed by atoms with Gasteiger partial charge in [-0.1, -0.05) is 30.3 Å². The summed E-state index contributed by atoms with van der Waals surface area (Å²) in [5.74, 6) is 0.949. The third kappa shape index (κ3) is 6.68. The summed E-state index contributed by atoms with van der Waals surface area (Å²) in [4.78, 5) is 23.4. The van der Waals surface area contributed by atoms with Crippen molar-refractivity contribution in [1.29, 1.82) is 0 Å². The van der Waals surface area contributed by atoms with Crippen LogP contribution in [-0.2, 0) is 27.5 Å². The zero-order valence-corrected chi connectivity index (χ0v) is 21.6. The molecule has 2 atom stereocenters. The van der Waals surface area contributed by atoms with Gasteiger partial charge < -0.3 is 34.7 Å². The van der Waals surface area contributed by atoms with Crippen LogP contribution < -0.4 is 20.1 Å². The number of allylic oxidation sites excluding steroid dienone is 1. The van der Waals surface area contributed by atoms with E-state index in [9.17, 15) is 20.0 Å². The molecule has 3 aromatic carbocycles. The summed E-state index contributed by atoms with van der Waals surface area (Å²) in [7, 11) is 0. The molecule has 2 aliphatic heterocycles. The van der Waals surface area contributed by atoms with Crippen molar-refractivity contribution in [3.63, 3.8) is 0 Å². The summed E-state index contributed by atoms with van der Waals surface area (Å²) in [5, 5.41) is 26.0. The second-order valence-corrected chi connectivity index (χ2v) is 9.31. The summed E-state index contributed by atoms with van der Waals surface area (Å²) in [6.45, 7) is 1.12. The Morgan fingerprint density at radius 2 is 1.75 bits per heavy atom. The monoisotopic (exact) mass is 547 g/mol. The van der Waals surface area contributed by atoms with Crippen molar-refractivity contribution >= 4 is 17.3 Å². The third-order valence-electron chi connectivity index (χ3n) is 6.57. The van der Waals surface area contributed by atoms with E-state index in [-0.39, 0.29) is 43.3 Å². The van der Waals surface area contributed by atoms with Crippen molar-refractivity contribution in [3.8, 4) is 11.5 Å². The molecule has 1 amide bonds. The number of benzene rings is 3. The van der Waals surface area contributed by atoms with Gasteiger partial charge in [0.2, 0.25) is 13.1 Å². The molecule has 0 radical (unpaired) electrons. The quantitative estimate of drug-likeness (QED) is 0.185. The van der Waals surface area contributed by atoms with E-state index in [0.717, 1.165) is 16.7 Å². The van der Waals surface area contributed by atoms with Gasteiger partial charge in [-0.3, -0.25) is 14.9 Å². The molecule has 0 aliphatic carbocycles. The van der Waals surface area contributed by atoms with Gasteiger partial charge in [0.1, 0.15) is 0 Å². The number of carbonyl (C=O) groups excluding carboxylic acids is 1. The first-order valence-electron chi connectivity index (χ1n) is 12.8. The number of carbonyl (C=O) groups is 1. The number of hydrogen-bond donors (Lipinski definition) is 3. The lowest BCUT2D eigenvalue weighted by atomic mass is 9.92. The topological polar surface area (TPSA) is 141 Å². The van der Waals surface area contributed by atoms with Crippen molar-refractivity contribution in [2.75, 3.05) is 25.2 Å². The molecule has 0 spiro atoms. The van der Waals surface area contributed by atoms with Crippen LogP contribution in [0.5, 0.6) is 11.5 Å². The molecule has 11 nitrogen and oxygen atoms in total. The Morgan fingerprint density at radius 1 is 1.00 bits per heavy atom. The van der Waals surface area contributed by atoms with E-state index >= 15 is 0 Å². The van der Waals surface area contributed by atoms with E-state index in [1.54, 1.807) is 18.2 Å². The highest BCUT2D eigenvalue weighted by Gasteiger charge is 2.30. The van der Waals surface area contributed by atoms with E-state index < -0.39 is 11.2 Å². The van der Waals surface area contributed by atoms with Gasteiger partial charge in [0.15, 0.2) is 17.3 Å². The van der Waals surface area contributed by atoms with E-state index in [1.165, 1.54) is 12.1 Å². The first-order valence-corrected chi connectivity index (χ1v) is 12.8. The van der Waals surface area contributed by atoms with Gasteiger partial charge in [0.25, 0.3) is 11.6 Å². The Labute approximate surface area is 230 Å². The number of nitro benzene ring substituents is 1. The van der Waals surface area contributed by atoms with Gasteiger partial charge in [0, 0.05) is 43.2 Å². The average Bonchev–Trinajstić information content (AvgIpc) is 3.46. The molecule has 0 saturated carbocycles. The fourth-order valence-electron chi connectivity index (χ4n) is 4.40. The number of aliphatic hydroxyl groups excluding tert-OH is 1. The van der Waals surface area contributed by atoms with Crippen molar-refractivity contribution in [3.05, 3.63) is 105 Å². The van der Waals surface area contributed by atoms with Crippen LogP contribution in [0, 0.1) is 10.1 Å². The molecule has 11 heteroatoms. The largest absolute Gasteiger partial charge is 0.459 e. The van der Waals surface area contributed by atoms with Gasteiger partial charge in [-0.15, -0.1) is 0 Å². The molecule has 0 aromatic heterocycles. The molecular weight excluding hydrogens is 518 g/mol. The molecule has 5 rings (SSSR count). The summed E-state index contributed by atoms with van der Waals surface area (Å²) < 4.78 is 23.0. The zero-order chi connectivity index (χ0) is 27.9. The van der Waals surface area contributed by atoms with Gasteiger partial charge in [-0.05, 0) is 47.0 Å². The minimum Gasteiger partial charge on any atom is -0.459 e. The Hall–Kier alpha value is -4.61. The maximum atomic E-state index is 13.1.